The molecule has 0 aromatic heterocycles. The van der Waals surface area contributed by atoms with Crippen LogP contribution in [0.2, 0.25) is 0 Å². The summed E-state index contributed by atoms with van der Waals surface area (Å²) in [4.78, 5) is 16.6. The van der Waals surface area contributed by atoms with Gasteiger partial charge in [-0.1, -0.05) is 71.6 Å². The molecule has 5 nitrogen and oxygen atoms in total. The van der Waals surface area contributed by atoms with Crippen LogP contribution >= 0.6 is 7.82 Å². The van der Waals surface area contributed by atoms with Crippen LogP contribution in [0, 0.1) is 0 Å². The molecule has 6 heteroatoms. The van der Waals surface area contributed by atoms with Gasteiger partial charge >= 0.3 is 7.82 Å². The summed E-state index contributed by atoms with van der Waals surface area (Å²) in [6, 6.07) is 0. The molecule has 0 atom stereocenters. The number of phosphoric ester groups is 1. The van der Waals surface area contributed by atoms with E-state index in [-0.39, 0.29) is 6.61 Å². The molecular weight excluding hydrogens is 289 g/mol. The van der Waals surface area contributed by atoms with Crippen LogP contribution in [0.3, 0.4) is 0 Å². The molecule has 0 unspecified atom stereocenters. The highest BCUT2D eigenvalue weighted by Gasteiger charge is 2.11. The SMILES string of the molecule is CCCCCCCCN.CCCCCCCOP(=O)(O)O. The molecule has 21 heavy (non-hydrogen) atoms. The molecular formula is C15H36NO4P. The minimum atomic E-state index is -4.22. The van der Waals surface area contributed by atoms with E-state index in [1.165, 1.54) is 51.4 Å². The molecule has 0 heterocycles. The topological polar surface area (TPSA) is 92.8 Å². The molecule has 0 saturated carbocycles. The van der Waals surface area contributed by atoms with Gasteiger partial charge < -0.3 is 15.5 Å². The fourth-order valence-corrected chi connectivity index (χ4v) is 2.18. The van der Waals surface area contributed by atoms with Crippen LogP contribution < -0.4 is 5.73 Å². The average molecular weight is 325 g/mol. The van der Waals surface area contributed by atoms with Crippen molar-refractivity contribution in [2.75, 3.05) is 13.2 Å². The van der Waals surface area contributed by atoms with E-state index in [9.17, 15) is 4.57 Å². The molecule has 0 saturated heterocycles. The van der Waals surface area contributed by atoms with Crippen LogP contribution in [-0.2, 0) is 9.09 Å². The van der Waals surface area contributed by atoms with Crippen LogP contribution in [0.4, 0.5) is 0 Å². The zero-order valence-electron chi connectivity index (χ0n) is 13.9. The van der Waals surface area contributed by atoms with Crippen LogP contribution in [0.1, 0.15) is 84.5 Å². The molecule has 0 amide bonds. The Morgan fingerprint density at radius 1 is 0.810 bits per heavy atom. The van der Waals surface area contributed by atoms with E-state index in [0.29, 0.717) is 0 Å². The van der Waals surface area contributed by atoms with Crippen molar-refractivity contribution in [1.82, 2.24) is 0 Å². The maximum Gasteiger partial charge on any atom is 0.469 e. The molecule has 0 aliphatic rings. The first kappa shape index (κ1) is 23.3. The highest BCUT2D eigenvalue weighted by molar-refractivity contribution is 7.46. The Kier molecular flexibility index (Phi) is 20.1. The van der Waals surface area contributed by atoms with E-state index < -0.39 is 7.82 Å². The van der Waals surface area contributed by atoms with Gasteiger partial charge in [-0.15, -0.1) is 0 Å². The summed E-state index contributed by atoms with van der Waals surface area (Å²) in [6.45, 7) is 5.38. The van der Waals surface area contributed by atoms with Crippen LogP contribution in [-0.4, -0.2) is 22.9 Å². The van der Waals surface area contributed by atoms with Crippen molar-refractivity contribution in [2.45, 2.75) is 84.5 Å². The van der Waals surface area contributed by atoms with Gasteiger partial charge in [0.25, 0.3) is 0 Å². The van der Waals surface area contributed by atoms with Gasteiger partial charge in [0.1, 0.15) is 0 Å². The maximum absolute atomic E-state index is 10.2. The fourth-order valence-electron chi connectivity index (χ4n) is 1.81. The standard InChI is InChI=1S/C8H19N.C7H17O4P/c1-2-3-4-5-6-7-8-9;1-2-3-4-5-6-7-11-12(8,9)10/h2-9H2,1H3;2-7H2,1H3,(H2,8,9,10). The van der Waals surface area contributed by atoms with Crippen molar-refractivity contribution in [3.63, 3.8) is 0 Å². The summed E-state index contributed by atoms with van der Waals surface area (Å²) < 4.78 is 14.5. The third-order valence-corrected chi connectivity index (χ3v) is 3.58. The number of hydrogen-bond donors (Lipinski definition) is 3. The van der Waals surface area contributed by atoms with Gasteiger partial charge in [0.15, 0.2) is 0 Å². The van der Waals surface area contributed by atoms with Gasteiger partial charge in [-0.05, 0) is 19.4 Å². The van der Waals surface area contributed by atoms with E-state index in [4.69, 9.17) is 15.5 Å². The van der Waals surface area contributed by atoms with Crippen molar-refractivity contribution in [2.24, 2.45) is 5.73 Å². The van der Waals surface area contributed by atoms with Crippen molar-refractivity contribution in [1.29, 1.82) is 0 Å². The monoisotopic (exact) mass is 325 g/mol. The Balaban J connectivity index is 0. The lowest BCUT2D eigenvalue weighted by Crippen LogP contribution is -1.97. The summed E-state index contributed by atoms with van der Waals surface area (Å²) in [7, 11) is -4.22. The predicted molar refractivity (Wildman–Crippen MR) is 89.2 cm³/mol. The number of nitrogens with two attached hydrogens (primary N) is 1. The molecule has 0 spiro atoms. The largest absolute Gasteiger partial charge is 0.469 e. The third-order valence-electron chi connectivity index (χ3n) is 3.07. The normalized spacial score (nSPS) is 11.1. The first-order valence-electron chi connectivity index (χ1n) is 8.38. The second-order valence-corrected chi connectivity index (χ2v) is 6.53. The summed E-state index contributed by atoms with van der Waals surface area (Å²) >= 11 is 0. The van der Waals surface area contributed by atoms with Gasteiger partial charge in [-0.3, -0.25) is 4.52 Å². The van der Waals surface area contributed by atoms with E-state index in [1.54, 1.807) is 0 Å². The molecule has 0 bridgehead atoms. The van der Waals surface area contributed by atoms with E-state index in [2.05, 4.69) is 18.4 Å². The first-order chi connectivity index (χ1) is 9.97. The van der Waals surface area contributed by atoms with E-state index in [1.807, 2.05) is 0 Å². The minimum Gasteiger partial charge on any atom is -0.330 e. The van der Waals surface area contributed by atoms with Gasteiger partial charge in [0, 0.05) is 0 Å². The second kappa shape index (κ2) is 18.1. The highest BCUT2D eigenvalue weighted by atomic mass is 31.2. The van der Waals surface area contributed by atoms with Crippen molar-refractivity contribution >= 4 is 7.82 Å². The van der Waals surface area contributed by atoms with Crippen LogP contribution in [0.15, 0.2) is 0 Å². The molecule has 0 radical (unpaired) electrons. The minimum absolute atomic E-state index is 0.161. The predicted octanol–water partition coefficient (Wildman–Crippen LogP) is 4.37. The summed E-state index contributed by atoms with van der Waals surface area (Å²) in [5.41, 5.74) is 5.34. The molecule has 0 aromatic carbocycles. The lowest BCUT2D eigenvalue weighted by atomic mass is 10.1. The van der Waals surface area contributed by atoms with Crippen molar-refractivity contribution in [3.8, 4) is 0 Å². The average Bonchev–Trinajstić information content (AvgIpc) is 2.42. The fraction of sp³-hybridized carbons (Fsp3) is 1.00. The van der Waals surface area contributed by atoms with Crippen LogP contribution in [0.25, 0.3) is 0 Å². The Bertz CT molecular complexity index is 228. The second-order valence-electron chi connectivity index (χ2n) is 5.29. The summed E-state index contributed by atoms with van der Waals surface area (Å²) in [5, 5.41) is 0. The number of unbranched alkanes of at least 4 members (excludes halogenated alkanes) is 9. The van der Waals surface area contributed by atoms with Crippen LogP contribution in [0.5, 0.6) is 0 Å². The molecule has 0 rings (SSSR count). The van der Waals surface area contributed by atoms with Gasteiger partial charge in [0.05, 0.1) is 6.61 Å². The first-order valence-corrected chi connectivity index (χ1v) is 9.91. The van der Waals surface area contributed by atoms with Gasteiger partial charge in [-0.25, -0.2) is 4.57 Å². The molecule has 0 aliphatic heterocycles. The lowest BCUT2D eigenvalue weighted by molar-refractivity contribution is 0.193. The molecule has 0 fully saturated rings. The molecule has 4 N–H and O–H groups in total. The lowest BCUT2D eigenvalue weighted by Gasteiger charge is -2.03. The smallest absolute Gasteiger partial charge is 0.330 e. The highest BCUT2D eigenvalue weighted by Crippen LogP contribution is 2.35. The van der Waals surface area contributed by atoms with E-state index in [0.717, 1.165) is 25.8 Å². The van der Waals surface area contributed by atoms with E-state index >= 15 is 0 Å². The Hall–Kier alpha value is 0.0700. The number of phosphoric acid groups is 1. The Morgan fingerprint density at radius 3 is 1.67 bits per heavy atom. The number of rotatable bonds is 13. The Morgan fingerprint density at radius 2 is 1.24 bits per heavy atom. The quantitative estimate of drug-likeness (QED) is 0.345. The Labute approximate surface area is 130 Å². The summed E-state index contributed by atoms with van der Waals surface area (Å²) in [6.07, 6.45) is 13.2. The molecule has 0 aliphatic carbocycles. The molecule has 130 valence electrons. The third kappa shape index (κ3) is 28.9. The van der Waals surface area contributed by atoms with Crippen molar-refractivity contribution < 1.29 is 18.9 Å². The number of hydrogen-bond acceptors (Lipinski definition) is 3. The molecule has 0 aromatic rings. The maximum atomic E-state index is 10.2. The van der Waals surface area contributed by atoms with Crippen molar-refractivity contribution in [3.05, 3.63) is 0 Å². The zero-order valence-corrected chi connectivity index (χ0v) is 14.8. The van der Waals surface area contributed by atoms with Gasteiger partial charge in [0.2, 0.25) is 0 Å². The van der Waals surface area contributed by atoms with Gasteiger partial charge in [-0.2, -0.15) is 0 Å². The summed E-state index contributed by atoms with van der Waals surface area (Å²) in [5.74, 6) is 0. The zero-order chi connectivity index (χ0) is 16.4.